The van der Waals surface area contributed by atoms with Crippen LogP contribution in [0.3, 0.4) is 0 Å². The van der Waals surface area contributed by atoms with Gasteiger partial charge in [-0.2, -0.15) is 0 Å². The van der Waals surface area contributed by atoms with E-state index in [1.165, 1.54) is 38.2 Å². The molecule has 0 heterocycles. The summed E-state index contributed by atoms with van der Waals surface area (Å²) < 4.78 is 17.7. The minimum absolute atomic E-state index is 0.188. The number of rotatable bonds is 7. The van der Waals surface area contributed by atoms with Gasteiger partial charge >= 0.3 is 0 Å². The second kappa shape index (κ2) is 10.5. The molecule has 1 atom stereocenters. The smallest absolute Gasteiger partial charge is 0.130 e. The zero-order valence-corrected chi connectivity index (χ0v) is 22.3. The molecule has 192 valence electrons. The van der Waals surface area contributed by atoms with Crippen LogP contribution in [0.1, 0.15) is 22.6 Å². The lowest BCUT2D eigenvalue weighted by Crippen LogP contribution is -2.10. The molecule has 0 aliphatic heterocycles. The fraction of sp³-hybridized carbons (Fsp3) is 0.111. The molecule has 3 heteroatoms. The van der Waals surface area contributed by atoms with Crippen molar-refractivity contribution in [3.8, 4) is 28.4 Å². The second-order valence-corrected chi connectivity index (χ2v) is 9.54. The highest BCUT2D eigenvalue weighted by Gasteiger charge is 2.30. The number of hydrogen-bond donors (Lipinski definition) is 0. The number of hydrogen-bond acceptors (Lipinski definition) is 3. The van der Waals surface area contributed by atoms with Crippen molar-refractivity contribution < 1.29 is 14.2 Å². The first kappa shape index (κ1) is 24.6. The van der Waals surface area contributed by atoms with E-state index in [9.17, 15) is 0 Å². The Hall–Kier alpha value is -4.76. The third kappa shape index (κ3) is 4.26. The molecule has 0 spiro atoms. The van der Waals surface area contributed by atoms with E-state index < -0.39 is 0 Å². The molecule has 0 aliphatic carbocycles. The summed E-state index contributed by atoms with van der Waals surface area (Å²) in [5, 5.41) is 4.86. The van der Waals surface area contributed by atoms with Gasteiger partial charge in [0.1, 0.15) is 17.2 Å². The van der Waals surface area contributed by atoms with Crippen molar-refractivity contribution in [3.05, 3.63) is 138 Å². The molecule has 0 fully saturated rings. The number of fused-ring (bicyclic) bond motifs is 3. The standard InChI is InChI=1S/C36H30O3/c1-37-26-22-31(38-2)36(32(23-26)39-3)34(25-16-8-5-9-17-25)35-30-21-13-11-19-28(30)27-18-10-12-20-29(27)33(35)24-14-6-4-7-15-24/h4-23,34H,1-3H3. The number of methoxy groups -OCH3 is 3. The normalized spacial score (nSPS) is 11.9. The molecular formula is C36H30O3. The monoisotopic (exact) mass is 510 g/mol. The van der Waals surface area contributed by atoms with Gasteiger partial charge in [-0.05, 0) is 43.8 Å². The molecule has 39 heavy (non-hydrogen) atoms. The average molecular weight is 511 g/mol. The molecule has 3 nitrogen and oxygen atoms in total. The summed E-state index contributed by atoms with van der Waals surface area (Å²) in [7, 11) is 5.07. The van der Waals surface area contributed by atoms with E-state index in [0.29, 0.717) is 5.75 Å². The molecule has 0 N–H and O–H groups in total. The maximum atomic E-state index is 6.04. The van der Waals surface area contributed by atoms with E-state index in [1.807, 2.05) is 12.1 Å². The maximum absolute atomic E-state index is 6.04. The van der Waals surface area contributed by atoms with Crippen LogP contribution in [0.2, 0.25) is 0 Å². The number of ether oxygens (including phenoxy) is 3. The molecule has 0 aromatic heterocycles. The van der Waals surface area contributed by atoms with Crippen LogP contribution in [0, 0.1) is 0 Å². The van der Waals surface area contributed by atoms with Gasteiger partial charge in [-0.3, -0.25) is 0 Å². The fourth-order valence-electron chi connectivity index (χ4n) is 5.82. The largest absolute Gasteiger partial charge is 0.496 e. The highest BCUT2D eigenvalue weighted by atomic mass is 16.5. The molecule has 6 rings (SSSR count). The van der Waals surface area contributed by atoms with Crippen LogP contribution in [-0.4, -0.2) is 21.3 Å². The molecule has 0 bridgehead atoms. The summed E-state index contributed by atoms with van der Waals surface area (Å²) in [5.74, 6) is 1.94. The molecule has 0 saturated carbocycles. The van der Waals surface area contributed by atoms with Crippen LogP contribution in [0.4, 0.5) is 0 Å². The lowest BCUT2D eigenvalue weighted by Gasteiger charge is -2.28. The zero-order valence-electron chi connectivity index (χ0n) is 22.3. The van der Waals surface area contributed by atoms with Gasteiger partial charge in [0, 0.05) is 23.6 Å². The minimum atomic E-state index is -0.188. The van der Waals surface area contributed by atoms with E-state index in [0.717, 1.165) is 22.6 Å². The first-order valence-corrected chi connectivity index (χ1v) is 13.1. The zero-order chi connectivity index (χ0) is 26.8. The molecular weight excluding hydrogens is 480 g/mol. The molecule has 0 aliphatic rings. The predicted molar refractivity (Wildman–Crippen MR) is 160 cm³/mol. The summed E-state index contributed by atoms with van der Waals surface area (Å²) in [4.78, 5) is 0. The van der Waals surface area contributed by atoms with Gasteiger partial charge in [0.25, 0.3) is 0 Å². The van der Waals surface area contributed by atoms with Crippen molar-refractivity contribution in [1.29, 1.82) is 0 Å². The van der Waals surface area contributed by atoms with E-state index in [1.54, 1.807) is 21.3 Å². The van der Waals surface area contributed by atoms with Gasteiger partial charge in [0.05, 0.1) is 21.3 Å². The quantitative estimate of drug-likeness (QED) is 0.159. The molecule has 1 unspecified atom stereocenters. The SMILES string of the molecule is COc1cc(OC)c(C(c2ccccc2)c2c(-c3ccccc3)c3ccccc3c3ccccc23)c(OC)c1. The highest BCUT2D eigenvalue weighted by Crippen LogP contribution is 2.51. The van der Waals surface area contributed by atoms with Crippen molar-refractivity contribution in [2.45, 2.75) is 5.92 Å². The Labute approximate surface area is 229 Å². The first-order chi connectivity index (χ1) is 19.2. The van der Waals surface area contributed by atoms with Crippen molar-refractivity contribution >= 4 is 21.5 Å². The van der Waals surface area contributed by atoms with E-state index in [-0.39, 0.29) is 5.92 Å². The van der Waals surface area contributed by atoms with E-state index in [4.69, 9.17) is 14.2 Å². The van der Waals surface area contributed by atoms with Crippen molar-refractivity contribution in [1.82, 2.24) is 0 Å². The Morgan fingerprint density at radius 2 is 0.949 bits per heavy atom. The Morgan fingerprint density at radius 3 is 1.51 bits per heavy atom. The van der Waals surface area contributed by atoms with Crippen molar-refractivity contribution in [2.75, 3.05) is 21.3 Å². The summed E-state index contributed by atoms with van der Waals surface area (Å²) >= 11 is 0. The predicted octanol–water partition coefficient (Wildman–Crippen LogP) is 8.87. The van der Waals surface area contributed by atoms with Gasteiger partial charge in [-0.1, -0.05) is 109 Å². The van der Waals surface area contributed by atoms with Gasteiger partial charge < -0.3 is 14.2 Å². The van der Waals surface area contributed by atoms with Crippen LogP contribution in [-0.2, 0) is 0 Å². The van der Waals surface area contributed by atoms with Crippen LogP contribution < -0.4 is 14.2 Å². The third-order valence-electron chi connectivity index (χ3n) is 7.50. The Morgan fingerprint density at radius 1 is 0.462 bits per heavy atom. The molecule has 0 amide bonds. The Balaban J connectivity index is 1.85. The molecule has 6 aromatic rings. The third-order valence-corrected chi connectivity index (χ3v) is 7.50. The van der Waals surface area contributed by atoms with Crippen LogP contribution in [0.25, 0.3) is 32.7 Å². The summed E-state index contributed by atoms with van der Waals surface area (Å²) in [6.45, 7) is 0. The second-order valence-electron chi connectivity index (χ2n) is 9.54. The van der Waals surface area contributed by atoms with Gasteiger partial charge in [0.15, 0.2) is 0 Å². The van der Waals surface area contributed by atoms with Gasteiger partial charge in [0.2, 0.25) is 0 Å². The molecule has 6 aromatic carbocycles. The van der Waals surface area contributed by atoms with Crippen LogP contribution in [0.15, 0.2) is 121 Å². The number of benzene rings is 6. The fourth-order valence-corrected chi connectivity index (χ4v) is 5.82. The topological polar surface area (TPSA) is 27.7 Å². The maximum Gasteiger partial charge on any atom is 0.130 e. The van der Waals surface area contributed by atoms with Crippen molar-refractivity contribution in [3.63, 3.8) is 0 Å². The summed E-state index contributed by atoms with van der Waals surface area (Å²) in [6.07, 6.45) is 0. The van der Waals surface area contributed by atoms with E-state index in [2.05, 4.69) is 109 Å². The van der Waals surface area contributed by atoms with Gasteiger partial charge in [-0.15, -0.1) is 0 Å². The Kier molecular flexibility index (Phi) is 6.64. The Bertz CT molecular complexity index is 1730. The van der Waals surface area contributed by atoms with Crippen molar-refractivity contribution in [2.24, 2.45) is 0 Å². The summed E-state index contributed by atoms with van der Waals surface area (Å²) in [5.41, 5.74) is 5.70. The van der Waals surface area contributed by atoms with E-state index >= 15 is 0 Å². The molecule has 0 saturated heterocycles. The highest BCUT2D eigenvalue weighted by molar-refractivity contribution is 6.16. The minimum Gasteiger partial charge on any atom is -0.496 e. The summed E-state index contributed by atoms with van der Waals surface area (Å²) in [6, 6.07) is 42.6. The average Bonchev–Trinajstić information content (AvgIpc) is 3.02. The first-order valence-electron chi connectivity index (χ1n) is 13.1. The van der Waals surface area contributed by atoms with Gasteiger partial charge in [-0.25, -0.2) is 0 Å². The van der Waals surface area contributed by atoms with Crippen LogP contribution >= 0.6 is 0 Å². The molecule has 0 radical (unpaired) electrons. The lowest BCUT2D eigenvalue weighted by molar-refractivity contribution is 0.368. The van der Waals surface area contributed by atoms with Crippen LogP contribution in [0.5, 0.6) is 17.2 Å². The lowest BCUT2D eigenvalue weighted by atomic mass is 9.76.